The quantitative estimate of drug-likeness (QED) is 0.670. The maximum absolute atomic E-state index is 13.4. The van der Waals surface area contributed by atoms with E-state index in [1.54, 1.807) is 0 Å². The predicted molar refractivity (Wildman–Crippen MR) is 72.1 cm³/mol. The molecule has 104 valence electrons. The summed E-state index contributed by atoms with van der Waals surface area (Å²) in [4.78, 5) is 0.104. The van der Waals surface area contributed by atoms with Crippen LogP contribution in [0.3, 0.4) is 0 Å². The van der Waals surface area contributed by atoms with E-state index in [0.29, 0.717) is 5.56 Å². The first-order chi connectivity index (χ1) is 9.47. The zero-order valence-electron chi connectivity index (χ0n) is 10.2. The van der Waals surface area contributed by atoms with Crippen LogP contribution in [0.1, 0.15) is 5.56 Å². The zero-order chi connectivity index (χ0) is 14.7. The van der Waals surface area contributed by atoms with E-state index < -0.39 is 24.6 Å². The van der Waals surface area contributed by atoms with E-state index in [4.69, 9.17) is 0 Å². The topological polar surface area (TPSA) is 40.5 Å². The minimum atomic E-state index is -1.82. The number of benzene rings is 2. The molecule has 0 bridgehead atoms. The van der Waals surface area contributed by atoms with Gasteiger partial charge in [0.05, 0.1) is 0 Å². The summed E-state index contributed by atoms with van der Waals surface area (Å²) in [6.07, 6.45) is 0. The molecule has 2 nitrogen and oxygen atoms in total. The molecule has 0 saturated carbocycles. The van der Waals surface area contributed by atoms with Crippen LogP contribution in [0.2, 0.25) is 0 Å². The van der Waals surface area contributed by atoms with Crippen LogP contribution in [-0.2, 0) is 5.75 Å². The van der Waals surface area contributed by atoms with Crippen molar-refractivity contribution in [3.63, 3.8) is 0 Å². The molecule has 20 heavy (non-hydrogen) atoms. The summed E-state index contributed by atoms with van der Waals surface area (Å²) in [5, 5.41) is 18.3. The molecule has 0 aromatic heterocycles. The lowest BCUT2D eigenvalue weighted by molar-refractivity contribution is 0.425. The Morgan fingerprint density at radius 1 is 0.950 bits per heavy atom. The highest BCUT2D eigenvalue weighted by Crippen LogP contribution is 2.26. The first-order valence-electron chi connectivity index (χ1n) is 5.69. The Balaban J connectivity index is 2.20. The second-order valence-corrected chi connectivity index (χ2v) is 5.10. The first-order valence-corrected chi connectivity index (χ1v) is 6.68. The molecular formula is C13H10BF3O2S. The first kappa shape index (κ1) is 15.0. The SMILES string of the molecule is OB(O)c1cc(F)ccc1CSc1cc(F)ccc1F. The number of thioether (sulfide) groups is 1. The van der Waals surface area contributed by atoms with Crippen LogP contribution in [0.4, 0.5) is 13.2 Å². The van der Waals surface area contributed by atoms with Gasteiger partial charge < -0.3 is 10.0 Å². The molecule has 0 radical (unpaired) electrons. The van der Waals surface area contributed by atoms with Crippen molar-refractivity contribution < 1.29 is 23.2 Å². The molecule has 0 aliphatic heterocycles. The van der Waals surface area contributed by atoms with Gasteiger partial charge in [-0.25, -0.2) is 13.2 Å². The van der Waals surface area contributed by atoms with Crippen LogP contribution >= 0.6 is 11.8 Å². The summed E-state index contributed by atoms with van der Waals surface area (Å²) in [6, 6.07) is 6.64. The second kappa shape index (κ2) is 6.34. The van der Waals surface area contributed by atoms with Gasteiger partial charge >= 0.3 is 7.12 Å². The van der Waals surface area contributed by atoms with E-state index in [-0.39, 0.29) is 16.1 Å². The Kier molecular flexibility index (Phi) is 4.75. The van der Waals surface area contributed by atoms with Gasteiger partial charge in [-0.1, -0.05) is 6.07 Å². The summed E-state index contributed by atoms with van der Waals surface area (Å²) in [7, 11) is -1.82. The van der Waals surface area contributed by atoms with Crippen molar-refractivity contribution >= 4 is 24.3 Å². The van der Waals surface area contributed by atoms with E-state index in [2.05, 4.69) is 0 Å². The Bertz CT molecular complexity index is 623. The van der Waals surface area contributed by atoms with Gasteiger partial charge in [0.15, 0.2) is 0 Å². The summed E-state index contributed by atoms with van der Waals surface area (Å²) in [6.45, 7) is 0. The number of hydrogen-bond donors (Lipinski definition) is 2. The molecular weight excluding hydrogens is 288 g/mol. The number of hydrogen-bond acceptors (Lipinski definition) is 3. The fourth-order valence-corrected chi connectivity index (χ4v) is 2.66. The second-order valence-electron chi connectivity index (χ2n) is 4.08. The number of halogens is 3. The van der Waals surface area contributed by atoms with Crippen molar-refractivity contribution in [1.82, 2.24) is 0 Å². The highest BCUT2D eigenvalue weighted by Gasteiger charge is 2.17. The van der Waals surface area contributed by atoms with Crippen molar-refractivity contribution in [2.75, 3.05) is 0 Å². The van der Waals surface area contributed by atoms with Gasteiger partial charge in [0, 0.05) is 10.6 Å². The van der Waals surface area contributed by atoms with Crippen molar-refractivity contribution in [2.24, 2.45) is 0 Å². The molecule has 0 amide bonds. The molecule has 0 unspecified atom stereocenters. The molecule has 0 atom stereocenters. The van der Waals surface area contributed by atoms with Crippen LogP contribution in [0, 0.1) is 17.5 Å². The van der Waals surface area contributed by atoms with E-state index in [9.17, 15) is 23.2 Å². The summed E-state index contributed by atoms with van der Waals surface area (Å²) < 4.78 is 39.5. The minimum Gasteiger partial charge on any atom is -0.423 e. The number of rotatable bonds is 4. The highest BCUT2D eigenvalue weighted by molar-refractivity contribution is 7.98. The van der Waals surface area contributed by atoms with Gasteiger partial charge in [0.25, 0.3) is 0 Å². The lowest BCUT2D eigenvalue weighted by Crippen LogP contribution is -2.33. The monoisotopic (exact) mass is 298 g/mol. The van der Waals surface area contributed by atoms with Crippen molar-refractivity contribution in [1.29, 1.82) is 0 Å². The van der Waals surface area contributed by atoms with Gasteiger partial charge in [-0.05, 0) is 41.4 Å². The molecule has 0 aliphatic carbocycles. The lowest BCUT2D eigenvalue weighted by atomic mass is 9.77. The van der Waals surface area contributed by atoms with Crippen LogP contribution in [0.15, 0.2) is 41.3 Å². The van der Waals surface area contributed by atoms with Gasteiger partial charge in [-0.2, -0.15) is 0 Å². The molecule has 0 spiro atoms. The van der Waals surface area contributed by atoms with E-state index in [0.717, 1.165) is 36.0 Å². The summed E-state index contributed by atoms with van der Waals surface area (Å²) in [5.74, 6) is -1.56. The average molecular weight is 298 g/mol. The third kappa shape index (κ3) is 3.56. The molecule has 7 heteroatoms. The largest absolute Gasteiger partial charge is 0.488 e. The maximum atomic E-state index is 13.4. The molecule has 0 saturated heterocycles. The smallest absolute Gasteiger partial charge is 0.423 e. The van der Waals surface area contributed by atoms with Gasteiger partial charge in [0.1, 0.15) is 17.5 Å². The van der Waals surface area contributed by atoms with Gasteiger partial charge in [-0.15, -0.1) is 11.8 Å². The molecule has 2 aromatic rings. The summed E-state index contributed by atoms with van der Waals surface area (Å²) in [5.41, 5.74) is 0.448. The lowest BCUT2D eigenvalue weighted by Gasteiger charge is -2.09. The van der Waals surface area contributed by atoms with Crippen molar-refractivity contribution in [3.8, 4) is 0 Å². The van der Waals surface area contributed by atoms with Crippen LogP contribution < -0.4 is 5.46 Å². The molecule has 0 aliphatic rings. The molecule has 2 aromatic carbocycles. The van der Waals surface area contributed by atoms with Crippen LogP contribution in [-0.4, -0.2) is 17.2 Å². The Hall–Kier alpha value is -1.44. The van der Waals surface area contributed by atoms with Crippen molar-refractivity contribution in [2.45, 2.75) is 10.6 Å². The highest BCUT2D eigenvalue weighted by atomic mass is 32.2. The minimum absolute atomic E-state index is 0.00862. The standard InChI is InChI=1S/C13H10BF3O2S/c15-9-2-1-8(11(5-9)14(18)19)7-20-13-6-10(16)3-4-12(13)17/h1-6,18-19H,7H2. The van der Waals surface area contributed by atoms with Gasteiger partial charge in [0.2, 0.25) is 0 Å². The van der Waals surface area contributed by atoms with Crippen LogP contribution in [0.5, 0.6) is 0 Å². The Morgan fingerprint density at radius 2 is 1.60 bits per heavy atom. The predicted octanol–water partition coefficient (Wildman–Crippen LogP) is 2.08. The molecule has 2 rings (SSSR count). The van der Waals surface area contributed by atoms with E-state index >= 15 is 0 Å². The van der Waals surface area contributed by atoms with E-state index in [1.807, 2.05) is 0 Å². The summed E-state index contributed by atoms with van der Waals surface area (Å²) >= 11 is 0.992. The normalized spacial score (nSPS) is 10.7. The average Bonchev–Trinajstić information content (AvgIpc) is 2.40. The molecule has 2 N–H and O–H groups in total. The molecule has 0 heterocycles. The zero-order valence-corrected chi connectivity index (χ0v) is 11.0. The maximum Gasteiger partial charge on any atom is 0.488 e. The Labute approximate surface area is 118 Å². The molecule has 0 fully saturated rings. The van der Waals surface area contributed by atoms with Crippen LogP contribution in [0.25, 0.3) is 0 Å². The van der Waals surface area contributed by atoms with Crippen molar-refractivity contribution in [3.05, 3.63) is 59.4 Å². The Morgan fingerprint density at radius 3 is 2.30 bits per heavy atom. The van der Waals surface area contributed by atoms with Gasteiger partial charge in [-0.3, -0.25) is 0 Å². The fraction of sp³-hybridized carbons (Fsp3) is 0.0769. The third-order valence-corrected chi connectivity index (χ3v) is 3.74. The third-order valence-electron chi connectivity index (χ3n) is 2.66. The fourth-order valence-electron chi connectivity index (χ4n) is 1.68. The van der Waals surface area contributed by atoms with E-state index in [1.165, 1.54) is 12.1 Å².